The van der Waals surface area contributed by atoms with Gasteiger partial charge in [-0.25, -0.2) is 0 Å². The first-order valence-electron chi connectivity index (χ1n) is 8.08. The summed E-state index contributed by atoms with van der Waals surface area (Å²) in [7, 11) is 0. The summed E-state index contributed by atoms with van der Waals surface area (Å²) < 4.78 is 0. The van der Waals surface area contributed by atoms with Gasteiger partial charge in [0.15, 0.2) is 0 Å². The van der Waals surface area contributed by atoms with Crippen molar-refractivity contribution < 1.29 is 4.79 Å². The molecule has 0 fully saturated rings. The molecule has 0 saturated carbocycles. The highest BCUT2D eigenvalue weighted by Gasteiger charge is 2.07. The molecule has 0 atom stereocenters. The summed E-state index contributed by atoms with van der Waals surface area (Å²) in [5, 5.41) is 2.96. The van der Waals surface area contributed by atoms with Crippen molar-refractivity contribution in [3.8, 4) is 0 Å². The van der Waals surface area contributed by atoms with E-state index in [2.05, 4.69) is 30.1 Å². The summed E-state index contributed by atoms with van der Waals surface area (Å²) in [5.41, 5.74) is 9.25. The molecule has 4 nitrogen and oxygen atoms in total. The van der Waals surface area contributed by atoms with Gasteiger partial charge in [-0.15, -0.1) is 12.4 Å². The Balaban J connectivity index is 0.00000288. The van der Waals surface area contributed by atoms with Gasteiger partial charge in [0, 0.05) is 24.3 Å². The molecule has 0 bridgehead atoms. The van der Waals surface area contributed by atoms with E-state index in [1.165, 1.54) is 5.56 Å². The number of rotatable bonds is 7. The second-order valence-electron chi connectivity index (χ2n) is 5.52. The molecule has 1 amide bonds. The standard InChI is InChI=1S/C19H25N3O.ClH/c1-3-22(4-2)14-16-6-5-7-18(12-16)21-19(23)17-10-8-15(13-20)9-11-17;/h5-12H,3-4,13-14,20H2,1-2H3,(H,21,23);1H. The molecule has 0 aliphatic heterocycles. The SMILES string of the molecule is CCN(CC)Cc1cccc(NC(=O)c2ccc(CN)cc2)c1.Cl. The zero-order chi connectivity index (χ0) is 16.7. The zero-order valence-electron chi connectivity index (χ0n) is 14.3. The quantitative estimate of drug-likeness (QED) is 0.803. The highest BCUT2D eigenvalue weighted by molar-refractivity contribution is 6.04. The summed E-state index contributed by atoms with van der Waals surface area (Å²) in [6, 6.07) is 15.4. The van der Waals surface area contributed by atoms with Crippen LogP contribution < -0.4 is 11.1 Å². The van der Waals surface area contributed by atoms with Gasteiger partial charge in [0.2, 0.25) is 0 Å². The van der Waals surface area contributed by atoms with Crippen LogP contribution in [0.25, 0.3) is 0 Å². The number of amides is 1. The van der Waals surface area contributed by atoms with E-state index in [0.717, 1.165) is 30.9 Å². The van der Waals surface area contributed by atoms with E-state index < -0.39 is 0 Å². The number of carbonyl (C=O) groups excluding carboxylic acids is 1. The van der Waals surface area contributed by atoms with Crippen molar-refractivity contribution >= 4 is 24.0 Å². The third-order valence-corrected chi connectivity index (χ3v) is 3.94. The Morgan fingerprint density at radius 1 is 1.04 bits per heavy atom. The molecule has 0 heterocycles. The number of halogens is 1. The Bertz CT molecular complexity index is 639. The second kappa shape index (κ2) is 10.1. The smallest absolute Gasteiger partial charge is 0.255 e. The van der Waals surface area contributed by atoms with Crippen LogP contribution in [0.2, 0.25) is 0 Å². The predicted octanol–water partition coefficient (Wildman–Crippen LogP) is 3.66. The number of hydrogen-bond acceptors (Lipinski definition) is 3. The molecule has 24 heavy (non-hydrogen) atoms. The number of carbonyl (C=O) groups is 1. The normalized spacial score (nSPS) is 10.3. The molecule has 2 aromatic carbocycles. The highest BCUT2D eigenvalue weighted by atomic mass is 35.5. The van der Waals surface area contributed by atoms with Crippen molar-refractivity contribution in [2.45, 2.75) is 26.9 Å². The number of anilines is 1. The minimum absolute atomic E-state index is 0. The van der Waals surface area contributed by atoms with Gasteiger partial charge in [0.25, 0.3) is 5.91 Å². The fourth-order valence-corrected chi connectivity index (χ4v) is 2.45. The minimum Gasteiger partial charge on any atom is -0.326 e. The molecule has 0 unspecified atom stereocenters. The first kappa shape index (κ1) is 20.2. The van der Waals surface area contributed by atoms with Crippen LogP contribution in [0.5, 0.6) is 0 Å². The van der Waals surface area contributed by atoms with Crippen molar-refractivity contribution in [1.82, 2.24) is 4.90 Å². The van der Waals surface area contributed by atoms with Crippen LogP contribution in [0.4, 0.5) is 5.69 Å². The second-order valence-corrected chi connectivity index (χ2v) is 5.52. The Kier molecular flexibility index (Phi) is 8.47. The molecule has 0 saturated heterocycles. The van der Waals surface area contributed by atoms with Gasteiger partial charge < -0.3 is 11.1 Å². The fourth-order valence-electron chi connectivity index (χ4n) is 2.45. The topological polar surface area (TPSA) is 58.4 Å². The maximum absolute atomic E-state index is 12.3. The average Bonchev–Trinajstić information content (AvgIpc) is 2.60. The molecule has 2 rings (SSSR count). The molecule has 3 N–H and O–H groups in total. The summed E-state index contributed by atoms with van der Waals surface area (Å²) in [6.07, 6.45) is 0. The zero-order valence-corrected chi connectivity index (χ0v) is 15.1. The van der Waals surface area contributed by atoms with E-state index in [4.69, 9.17) is 5.73 Å². The van der Waals surface area contributed by atoms with Gasteiger partial charge in [-0.2, -0.15) is 0 Å². The third-order valence-electron chi connectivity index (χ3n) is 3.94. The van der Waals surface area contributed by atoms with E-state index >= 15 is 0 Å². The van der Waals surface area contributed by atoms with E-state index in [1.54, 1.807) is 12.1 Å². The Labute approximate surface area is 150 Å². The van der Waals surface area contributed by atoms with E-state index in [0.29, 0.717) is 12.1 Å². The lowest BCUT2D eigenvalue weighted by molar-refractivity contribution is 0.102. The first-order chi connectivity index (χ1) is 11.2. The molecule has 0 spiro atoms. The van der Waals surface area contributed by atoms with Crippen LogP contribution >= 0.6 is 12.4 Å². The Hall–Kier alpha value is -1.88. The predicted molar refractivity (Wildman–Crippen MR) is 103 cm³/mol. The minimum atomic E-state index is -0.103. The van der Waals surface area contributed by atoms with Gasteiger partial charge in [-0.05, 0) is 48.5 Å². The van der Waals surface area contributed by atoms with E-state index in [-0.39, 0.29) is 18.3 Å². The van der Waals surface area contributed by atoms with E-state index in [9.17, 15) is 4.79 Å². The number of nitrogens with zero attached hydrogens (tertiary/aromatic N) is 1. The largest absolute Gasteiger partial charge is 0.326 e. The third kappa shape index (κ3) is 5.64. The summed E-state index contributed by atoms with van der Waals surface area (Å²) in [4.78, 5) is 14.6. The fraction of sp³-hybridized carbons (Fsp3) is 0.316. The molecule has 5 heteroatoms. The Morgan fingerprint density at radius 2 is 1.71 bits per heavy atom. The monoisotopic (exact) mass is 347 g/mol. The van der Waals surface area contributed by atoms with Crippen molar-refractivity contribution in [2.24, 2.45) is 5.73 Å². The van der Waals surface area contributed by atoms with Crippen molar-refractivity contribution in [1.29, 1.82) is 0 Å². The molecule has 0 aliphatic carbocycles. The van der Waals surface area contributed by atoms with Crippen molar-refractivity contribution in [2.75, 3.05) is 18.4 Å². The molecule has 2 aromatic rings. The van der Waals surface area contributed by atoms with Crippen molar-refractivity contribution in [3.63, 3.8) is 0 Å². The highest BCUT2D eigenvalue weighted by Crippen LogP contribution is 2.14. The first-order valence-corrected chi connectivity index (χ1v) is 8.08. The van der Waals surface area contributed by atoms with Gasteiger partial charge in [-0.3, -0.25) is 9.69 Å². The maximum Gasteiger partial charge on any atom is 0.255 e. The van der Waals surface area contributed by atoms with E-state index in [1.807, 2.05) is 30.3 Å². The average molecular weight is 348 g/mol. The molecular weight excluding hydrogens is 322 g/mol. The molecular formula is C19H26ClN3O. The molecule has 0 aliphatic rings. The van der Waals surface area contributed by atoms with Gasteiger partial charge >= 0.3 is 0 Å². The molecule has 0 radical (unpaired) electrons. The van der Waals surface area contributed by atoms with Crippen LogP contribution in [0.15, 0.2) is 48.5 Å². The molecule has 0 aromatic heterocycles. The lowest BCUT2D eigenvalue weighted by Crippen LogP contribution is -2.22. The molecule has 130 valence electrons. The van der Waals surface area contributed by atoms with Crippen LogP contribution in [-0.4, -0.2) is 23.9 Å². The van der Waals surface area contributed by atoms with Crippen LogP contribution in [0.3, 0.4) is 0 Å². The maximum atomic E-state index is 12.3. The van der Waals surface area contributed by atoms with Gasteiger partial charge in [0.05, 0.1) is 0 Å². The van der Waals surface area contributed by atoms with Crippen LogP contribution in [0, 0.1) is 0 Å². The van der Waals surface area contributed by atoms with Crippen molar-refractivity contribution in [3.05, 3.63) is 65.2 Å². The van der Waals surface area contributed by atoms with Gasteiger partial charge in [0.1, 0.15) is 0 Å². The number of hydrogen-bond donors (Lipinski definition) is 2. The summed E-state index contributed by atoms with van der Waals surface area (Å²) >= 11 is 0. The summed E-state index contributed by atoms with van der Waals surface area (Å²) in [6.45, 7) is 7.71. The lowest BCUT2D eigenvalue weighted by atomic mass is 10.1. The number of benzene rings is 2. The lowest BCUT2D eigenvalue weighted by Gasteiger charge is -2.18. The van der Waals surface area contributed by atoms with Crippen LogP contribution in [-0.2, 0) is 13.1 Å². The Morgan fingerprint density at radius 3 is 2.29 bits per heavy atom. The summed E-state index contributed by atoms with van der Waals surface area (Å²) in [5.74, 6) is -0.103. The van der Waals surface area contributed by atoms with Crippen LogP contribution in [0.1, 0.15) is 35.3 Å². The number of nitrogens with two attached hydrogens (primary N) is 1. The number of nitrogens with one attached hydrogen (secondary N) is 1. The van der Waals surface area contributed by atoms with Gasteiger partial charge in [-0.1, -0.05) is 38.1 Å².